The van der Waals surface area contributed by atoms with Gasteiger partial charge in [0.25, 0.3) is 0 Å². The van der Waals surface area contributed by atoms with Crippen LogP contribution in [0.3, 0.4) is 0 Å². The SMILES string of the molecule is C[Si](C)(C)OC1=C(O[Si](C)(C)C)CN(Cc2ccccc2)CC1. The van der Waals surface area contributed by atoms with Gasteiger partial charge in [-0.15, -0.1) is 0 Å². The van der Waals surface area contributed by atoms with Gasteiger partial charge in [0.05, 0.1) is 6.54 Å². The average molecular weight is 350 g/mol. The molecule has 1 aromatic carbocycles. The lowest BCUT2D eigenvalue weighted by atomic mass is 10.1. The summed E-state index contributed by atoms with van der Waals surface area (Å²) in [7, 11) is -3.23. The predicted octanol–water partition coefficient (Wildman–Crippen LogP) is 4.81. The molecule has 0 N–H and O–H groups in total. The van der Waals surface area contributed by atoms with E-state index < -0.39 is 16.6 Å². The molecule has 2 rings (SSSR count). The largest absolute Gasteiger partial charge is 0.545 e. The Morgan fingerprint density at radius 1 is 0.870 bits per heavy atom. The molecule has 0 aromatic heterocycles. The molecule has 128 valence electrons. The number of benzene rings is 1. The van der Waals surface area contributed by atoms with Gasteiger partial charge in [-0.25, -0.2) is 0 Å². The van der Waals surface area contributed by atoms with E-state index in [0.717, 1.165) is 37.6 Å². The maximum absolute atomic E-state index is 6.38. The van der Waals surface area contributed by atoms with Crippen LogP contribution in [0.1, 0.15) is 12.0 Å². The Morgan fingerprint density at radius 3 is 2.00 bits per heavy atom. The first-order chi connectivity index (χ1) is 10.6. The maximum atomic E-state index is 6.38. The number of hydrogen-bond acceptors (Lipinski definition) is 3. The second-order valence-corrected chi connectivity index (χ2v) is 17.1. The highest BCUT2D eigenvalue weighted by molar-refractivity contribution is 6.70. The van der Waals surface area contributed by atoms with E-state index in [0.29, 0.717) is 0 Å². The summed E-state index contributed by atoms with van der Waals surface area (Å²) < 4.78 is 12.7. The molecule has 0 bridgehead atoms. The van der Waals surface area contributed by atoms with Crippen LogP contribution in [0, 0.1) is 0 Å². The average Bonchev–Trinajstić information content (AvgIpc) is 2.40. The lowest BCUT2D eigenvalue weighted by Gasteiger charge is -2.35. The van der Waals surface area contributed by atoms with Crippen LogP contribution in [-0.2, 0) is 15.4 Å². The Kier molecular flexibility index (Phi) is 5.76. The van der Waals surface area contributed by atoms with Crippen LogP contribution in [-0.4, -0.2) is 34.6 Å². The molecule has 0 spiro atoms. The zero-order chi connectivity index (χ0) is 17.1. The lowest BCUT2D eigenvalue weighted by Crippen LogP contribution is -2.38. The van der Waals surface area contributed by atoms with Gasteiger partial charge >= 0.3 is 0 Å². The molecule has 0 fully saturated rings. The first-order valence-corrected chi connectivity index (χ1v) is 15.3. The molecule has 1 aliphatic rings. The third-order valence-corrected chi connectivity index (χ3v) is 5.16. The summed E-state index contributed by atoms with van der Waals surface area (Å²) in [6.45, 7) is 16.3. The molecule has 1 heterocycles. The van der Waals surface area contributed by atoms with Crippen LogP contribution < -0.4 is 0 Å². The van der Waals surface area contributed by atoms with Crippen LogP contribution in [0.25, 0.3) is 0 Å². The van der Waals surface area contributed by atoms with Gasteiger partial charge in [-0.2, -0.15) is 0 Å². The van der Waals surface area contributed by atoms with E-state index in [4.69, 9.17) is 8.85 Å². The van der Waals surface area contributed by atoms with Crippen molar-refractivity contribution in [2.75, 3.05) is 13.1 Å². The summed E-state index contributed by atoms with van der Waals surface area (Å²) in [5.74, 6) is 2.18. The smallest absolute Gasteiger partial charge is 0.242 e. The third-order valence-electron chi connectivity index (χ3n) is 3.44. The van der Waals surface area contributed by atoms with E-state index in [1.807, 2.05) is 0 Å². The molecular formula is C18H31NO2Si2. The highest BCUT2D eigenvalue weighted by Gasteiger charge is 2.29. The number of hydrogen-bond donors (Lipinski definition) is 0. The molecule has 3 nitrogen and oxygen atoms in total. The van der Waals surface area contributed by atoms with E-state index in [9.17, 15) is 0 Å². The van der Waals surface area contributed by atoms with Crippen LogP contribution >= 0.6 is 0 Å². The lowest BCUT2D eigenvalue weighted by molar-refractivity contribution is 0.193. The molecule has 0 amide bonds. The van der Waals surface area contributed by atoms with Gasteiger partial charge in [0.1, 0.15) is 11.5 Å². The van der Waals surface area contributed by atoms with Crippen molar-refractivity contribution in [3.63, 3.8) is 0 Å². The van der Waals surface area contributed by atoms with E-state index in [1.54, 1.807) is 0 Å². The fourth-order valence-corrected chi connectivity index (χ4v) is 4.56. The van der Waals surface area contributed by atoms with Crippen LogP contribution in [0.15, 0.2) is 41.9 Å². The molecule has 0 radical (unpaired) electrons. The summed E-state index contributed by atoms with van der Waals surface area (Å²) >= 11 is 0. The second kappa shape index (κ2) is 7.24. The molecule has 1 aliphatic heterocycles. The van der Waals surface area contributed by atoms with Crippen molar-refractivity contribution < 1.29 is 8.85 Å². The summed E-state index contributed by atoms with van der Waals surface area (Å²) in [6, 6.07) is 10.7. The standard InChI is InChI=1S/C18H31NO2Si2/c1-22(2,3)20-17-12-13-19(14-16-10-8-7-9-11-16)15-18(17)21-23(4,5)6/h7-11H,12-15H2,1-6H3. The summed E-state index contributed by atoms with van der Waals surface area (Å²) in [5.41, 5.74) is 1.36. The minimum Gasteiger partial charge on any atom is -0.545 e. The highest BCUT2D eigenvalue weighted by atomic mass is 28.4. The topological polar surface area (TPSA) is 21.7 Å². The Labute approximate surface area is 143 Å². The monoisotopic (exact) mass is 349 g/mol. The molecule has 1 aromatic rings. The van der Waals surface area contributed by atoms with Crippen LogP contribution in [0.2, 0.25) is 39.3 Å². The molecular weight excluding hydrogens is 318 g/mol. The molecule has 0 atom stereocenters. The van der Waals surface area contributed by atoms with Crippen molar-refractivity contribution in [1.82, 2.24) is 4.90 Å². The first kappa shape index (κ1) is 18.3. The van der Waals surface area contributed by atoms with E-state index >= 15 is 0 Å². The van der Waals surface area contributed by atoms with Gasteiger partial charge in [-0.3, -0.25) is 4.90 Å². The number of nitrogens with zero attached hydrogens (tertiary/aromatic N) is 1. The van der Waals surface area contributed by atoms with Crippen molar-refractivity contribution in [3.05, 3.63) is 47.4 Å². The Bertz CT molecular complexity index is 544. The Hall–Kier alpha value is -1.05. The minimum atomic E-state index is -1.63. The fourth-order valence-electron chi connectivity index (χ4n) is 2.68. The van der Waals surface area contributed by atoms with E-state index in [2.05, 4.69) is 74.5 Å². The zero-order valence-electron chi connectivity index (χ0n) is 15.5. The molecule has 5 heteroatoms. The maximum Gasteiger partial charge on any atom is 0.242 e. The molecule has 23 heavy (non-hydrogen) atoms. The molecule has 0 saturated carbocycles. The summed E-state index contributed by atoms with van der Waals surface area (Å²) in [5, 5.41) is 0. The van der Waals surface area contributed by atoms with Crippen LogP contribution in [0.5, 0.6) is 0 Å². The summed E-state index contributed by atoms with van der Waals surface area (Å²) in [4.78, 5) is 2.46. The van der Waals surface area contributed by atoms with Gasteiger partial charge in [0, 0.05) is 19.5 Å². The second-order valence-electron chi connectivity index (χ2n) is 8.22. The Morgan fingerprint density at radius 2 is 1.43 bits per heavy atom. The van der Waals surface area contributed by atoms with Gasteiger partial charge < -0.3 is 8.85 Å². The van der Waals surface area contributed by atoms with Gasteiger partial charge in [-0.1, -0.05) is 30.3 Å². The van der Waals surface area contributed by atoms with Crippen molar-refractivity contribution >= 4 is 16.6 Å². The van der Waals surface area contributed by atoms with Gasteiger partial charge in [-0.05, 0) is 44.8 Å². The van der Waals surface area contributed by atoms with Crippen molar-refractivity contribution in [2.45, 2.75) is 52.2 Å². The fraction of sp³-hybridized carbons (Fsp3) is 0.556. The third kappa shape index (κ3) is 6.53. The predicted molar refractivity (Wildman–Crippen MR) is 102 cm³/mol. The van der Waals surface area contributed by atoms with Crippen LogP contribution in [0.4, 0.5) is 0 Å². The highest BCUT2D eigenvalue weighted by Crippen LogP contribution is 2.27. The zero-order valence-corrected chi connectivity index (χ0v) is 17.5. The van der Waals surface area contributed by atoms with Gasteiger partial charge in [0.2, 0.25) is 16.6 Å². The number of rotatable bonds is 6. The first-order valence-electron chi connectivity index (χ1n) is 8.49. The van der Waals surface area contributed by atoms with Gasteiger partial charge in [0.15, 0.2) is 0 Å². The quantitative estimate of drug-likeness (QED) is 0.688. The van der Waals surface area contributed by atoms with Crippen molar-refractivity contribution in [3.8, 4) is 0 Å². The Balaban J connectivity index is 2.13. The normalized spacial score (nSPS) is 17.3. The van der Waals surface area contributed by atoms with Crippen molar-refractivity contribution in [2.24, 2.45) is 0 Å². The minimum absolute atomic E-state index is 0.860. The summed E-state index contributed by atoms with van der Waals surface area (Å²) in [6.07, 6.45) is 0.955. The molecule has 0 saturated heterocycles. The van der Waals surface area contributed by atoms with E-state index in [1.165, 1.54) is 5.56 Å². The van der Waals surface area contributed by atoms with Crippen molar-refractivity contribution in [1.29, 1.82) is 0 Å². The molecule has 0 aliphatic carbocycles. The van der Waals surface area contributed by atoms with E-state index in [-0.39, 0.29) is 0 Å². The molecule has 0 unspecified atom stereocenters.